The normalized spacial score (nSPS) is 12.7. The fraction of sp³-hybridized carbons (Fsp3) is 0.300. The Kier molecular flexibility index (Phi) is 7.64. The monoisotopic (exact) mass is 390 g/mol. The minimum atomic E-state index is -0.156. The first-order valence-electron chi connectivity index (χ1n) is 8.67. The van der Waals surface area contributed by atoms with E-state index in [9.17, 15) is 9.59 Å². The first-order chi connectivity index (χ1) is 12.9. The lowest BCUT2D eigenvalue weighted by atomic mass is 10.1. The van der Waals surface area contributed by atoms with Crippen LogP contribution in [0, 0.1) is 0 Å². The third-order valence-electron chi connectivity index (χ3n) is 4.05. The van der Waals surface area contributed by atoms with Crippen molar-refractivity contribution in [2.75, 3.05) is 32.6 Å². The van der Waals surface area contributed by atoms with E-state index in [4.69, 9.17) is 16.3 Å². The number of quaternary nitrogens is 1. The van der Waals surface area contributed by atoms with Crippen molar-refractivity contribution >= 4 is 29.1 Å². The van der Waals surface area contributed by atoms with Gasteiger partial charge in [0.05, 0.1) is 20.2 Å². The largest absolute Gasteiger partial charge is 0.497 e. The molecule has 7 heteroatoms. The second kappa shape index (κ2) is 9.94. The quantitative estimate of drug-likeness (QED) is 0.642. The van der Waals surface area contributed by atoms with Crippen LogP contribution in [0.3, 0.4) is 0 Å². The SMILES string of the molecule is COc1ccc(NC(=O)C[NH+](C)CC(=O)N[C@@H](C)c2ccc(Cl)cc2)cc1. The molecule has 0 saturated heterocycles. The Morgan fingerprint density at radius 2 is 1.63 bits per heavy atom. The molecule has 0 radical (unpaired) electrons. The number of benzene rings is 2. The van der Waals surface area contributed by atoms with Gasteiger partial charge in [-0.15, -0.1) is 0 Å². The fourth-order valence-electron chi connectivity index (χ4n) is 2.62. The van der Waals surface area contributed by atoms with E-state index in [0.717, 1.165) is 16.2 Å². The zero-order valence-electron chi connectivity index (χ0n) is 15.7. The van der Waals surface area contributed by atoms with Crippen molar-refractivity contribution in [3.05, 3.63) is 59.1 Å². The summed E-state index contributed by atoms with van der Waals surface area (Å²) in [6.45, 7) is 2.30. The molecule has 1 unspecified atom stereocenters. The first kappa shape index (κ1) is 20.7. The van der Waals surface area contributed by atoms with Crippen LogP contribution in [0.25, 0.3) is 0 Å². The van der Waals surface area contributed by atoms with Crippen molar-refractivity contribution in [2.45, 2.75) is 13.0 Å². The van der Waals surface area contributed by atoms with E-state index in [-0.39, 0.29) is 30.9 Å². The minimum Gasteiger partial charge on any atom is -0.497 e. The fourth-order valence-corrected chi connectivity index (χ4v) is 2.74. The molecule has 6 nitrogen and oxygen atoms in total. The van der Waals surface area contributed by atoms with Crippen LogP contribution in [-0.4, -0.2) is 39.1 Å². The Bertz CT molecular complexity index is 763. The van der Waals surface area contributed by atoms with E-state index in [2.05, 4.69) is 10.6 Å². The zero-order valence-corrected chi connectivity index (χ0v) is 16.5. The number of halogens is 1. The van der Waals surface area contributed by atoms with Crippen molar-refractivity contribution < 1.29 is 19.2 Å². The number of likely N-dealkylation sites (N-methyl/N-ethyl adjacent to an activating group) is 1. The number of amides is 2. The molecule has 2 aromatic rings. The maximum Gasteiger partial charge on any atom is 0.279 e. The summed E-state index contributed by atoms with van der Waals surface area (Å²) in [4.78, 5) is 25.1. The predicted octanol–water partition coefficient (Wildman–Crippen LogP) is 1.68. The molecule has 27 heavy (non-hydrogen) atoms. The Balaban J connectivity index is 1.77. The number of anilines is 1. The molecule has 144 valence electrons. The lowest BCUT2D eigenvalue weighted by Gasteiger charge is -2.17. The van der Waals surface area contributed by atoms with Crippen molar-refractivity contribution in [3.8, 4) is 5.75 Å². The molecule has 3 N–H and O–H groups in total. The number of nitrogens with one attached hydrogen (secondary N) is 3. The van der Waals surface area contributed by atoms with Gasteiger partial charge in [-0.3, -0.25) is 9.59 Å². The molecule has 0 saturated carbocycles. The van der Waals surface area contributed by atoms with Crippen molar-refractivity contribution in [1.29, 1.82) is 0 Å². The highest BCUT2D eigenvalue weighted by Crippen LogP contribution is 2.16. The molecule has 0 spiro atoms. The smallest absolute Gasteiger partial charge is 0.279 e. The molecule has 0 aliphatic heterocycles. The molecular formula is C20H25ClN3O3+. The van der Waals surface area contributed by atoms with Gasteiger partial charge in [-0.25, -0.2) is 0 Å². The summed E-state index contributed by atoms with van der Waals surface area (Å²) in [6, 6.07) is 14.3. The Morgan fingerprint density at radius 1 is 1.04 bits per heavy atom. The molecule has 2 aromatic carbocycles. The van der Waals surface area contributed by atoms with E-state index in [0.29, 0.717) is 10.7 Å². The molecule has 0 aliphatic carbocycles. The second-order valence-corrected chi connectivity index (χ2v) is 6.86. The number of ether oxygens (including phenoxy) is 1. The Hall–Kier alpha value is -2.57. The maximum absolute atomic E-state index is 12.2. The van der Waals surface area contributed by atoms with Gasteiger partial charge in [0.1, 0.15) is 5.75 Å². The molecular weight excluding hydrogens is 366 g/mol. The Labute approximate surface area is 164 Å². The molecule has 0 fully saturated rings. The summed E-state index contributed by atoms with van der Waals surface area (Å²) >= 11 is 5.88. The van der Waals surface area contributed by atoms with E-state index in [1.165, 1.54) is 0 Å². The lowest BCUT2D eigenvalue weighted by Crippen LogP contribution is -3.11. The number of carbonyl (C=O) groups is 2. The number of hydrogen-bond acceptors (Lipinski definition) is 3. The average Bonchev–Trinajstić information content (AvgIpc) is 2.62. The van der Waals surface area contributed by atoms with Crippen molar-refractivity contribution in [1.82, 2.24) is 5.32 Å². The highest BCUT2D eigenvalue weighted by atomic mass is 35.5. The standard InChI is InChI=1S/C20H24ClN3O3/c1-14(15-4-6-16(21)7-5-15)22-19(25)12-24(2)13-20(26)23-17-8-10-18(27-3)11-9-17/h4-11,14H,12-13H2,1-3H3,(H,22,25)(H,23,26)/p+1/t14-/m0/s1. The van der Waals surface area contributed by atoms with Crippen LogP contribution in [0.4, 0.5) is 5.69 Å². The molecule has 0 bridgehead atoms. The topological polar surface area (TPSA) is 71.9 Å². The van der Waals surface area contributed by atoms with E-state index >= 15 is 0 Å². The van der Waals surface area contributed by atoms with Crippen LogP contribution in [-0.2, 0) is 9.59 Å². The first-order valence-corrected chi connectivity index (χ1v) is 9.05. The van der Waals surface area contributed by atoms with Gasteiger partial charge in [0.2, 0.25) is 0 Å². The van der Waals surface area contributed by atoms with E-state index < -0.39 is 0 Å². The van der Waals surface area contributed by atoms with Gasteiger partial charge < -0.3 is 20.3 Å². The van der Waals surface area contributed by atoms with Crippen LogP contribution in [0.2, 0.25) is 5.02 Å². The van der Waals surface area contributed by atoms with Crippen LogP contribution in [0.1, 0.15) is 18.5 Å². The number of rotatable bonds is 8. The van der Waals surface area contributed by atoms with Crippen molar-refractivity contribution in [2.24, 2.45) is 0 Å². The summed E-state index contributed by atoms with van der Waals surface area (Å²) in [6.07, 6.45) is 0. The number of hydrogen-bond donors (Lipinski definition) is 3. The van der Waals surface area contributed by atoms with Crippen LogP contribution in [0.15, 0.2) is 48.5 Å². The van der Waals surface area contributed by atoms with Gasteiger partial charge in [-0.2, -0.15) is 0 Å². The second-order valence-electron chi connectivity index (χ2n) is 6.43. The third kappa shape index (κ3) is 6.92. The van der Waals surface area contributed by atoms with Crippen molar-refractivity contribution in [3.63, 3.8) is 0 Å². The Morgan fingerprint density at radius 3 is 2.22 bits per heavy atom. The van der Waals surface area contributed by atoms with Crippen LogP contribution < -0.4 is 20.3 Å². The van der Waals surface area contributed by atoms with Gasteiger partial charge in [0.15, 0.2) is 13.1 Å². The molecule has 2 atom stereocenters. The van der Waals surface area contributed by atoms with Crippen LogP contribution in [0.5, 0.6) is 5.75 Å². The van der Waals surface area contributed by atoms with Gasteiger partial charge in [-0.1, -0.05) is 23.7 Å². The van der Waals surface area contributed by atoms with E-state index in [1.54, 1.807) is 50.6 Å². The van der Waals surface area contributed by atoms with Gasteiger partial charge >= 0.3 is 0 Å². The highest BCUT2D eigenvalue weighted by molar-refractivity contribution is 6.30. The summed E-state index contributed by atoms with van der Waals surface area (Å²) in [5, 5.41) is 6.40. The summed E-state index contributed by atoms with van der Waals surface area (Å²) in [7, 11) is 3.39. The lowest BCUT2D eigenvalue weighted by molar-refractivity contribution is -0.862. The van der Waals surface area contributed by atoms with Gasteiger partial charge in [0.25, 0.3) is 11.8 Å². The summed E-state index contributed by atoms with van der Waals surface area (Å²) < 4.78 is 5.08. The molecule has 2 rings (SSSR count). The molecule has 0 aromatic heterocycles. The molecule has 0 aliphatic rings. The minimum absolute atomic E-state index is 0.118. The third-order valence-corrected chi connectivity index (χ3v) is 4.30. The van der Waals surface area contributed by atoms with Gasteiger partial charge in [0, 0.05) is 10.7 Å². The maximum atomic E-state index is 12.2. The number of carbonyl (C=O) groups excluding carboxylic acids is 2. The van der Waals surface area contributed by atoms with Crippen LogP contribution >= 0.6 is 11.6 Å². The average molecular weight is 391 g/mol. The summed E-state index contributed by atoms with van der Waals surface area (Å²) in [5.74, 6) is 0.450. The van der Waals surface area contributed by atoms with E-state index in [1.807, 2.05) is 19.1 Å². The highest BCUT2D eigenvalue weighted by Gasteiger charge is 2.16. The molecule has 2 amide bonds. The number of methoxy groups -OCH3 is 1. The predicted molar refractivity (Wildman–Crippen MR) is 106 cm³/mol. The van der Waals surface area contributed by atoms with Gasteiger partial charge in [-0.05, 0) is 48.9 Å². The molecule has 0 heterocycles. The zero-order chi connectivity index (χ0) is 19.8. The summed E-state index contributed by atoms with van der Waals surface area (Å²) in [5.41, 5.74) is 1.66.